The van der Waals surface area contributed by atoms with Crippen molar-refractivity contribution in [1.82, 2.24) is 10.0 Å². The number of aryl methyl sites for hydroxylation is 2. The van der Waals surface area contributed by atoms with Crippen LogP contribution in [0.4, 0.5) is 4.39 Å². The lowest BCUT2D eigenvalue weighted by molar-refractivity contribution is 0.391. The Labute approximate surface area is 183 Å². The van der Waals surface area contributed by atoms with E-state index in [0.717, 1.165) is 57.4 Å². The summed E-state index contributed by atoms with van der Waals surface area (Å²) in [6, 6.07) is 14.3. The minimum Gasteiger partial charge on any atom is -0.314 e. The molecule has 3 rings (SSSR count). The van der Waals surface area contributed by atoms with E-state index in [1.165, 1.54) is 22.3 Å². The molecule has 0 saturated heterocycles. The summed E-state index contributed by atoms with van der Waals surface area (Å²) in [5.74, 6) is 0.937. The molecule has 0 heterocycles. The Morgan fingerprint density at radius 1 is 1.10 bits per heavy atom. The van der Waals surface area contributed by atoms with Gasteiger partial charge in [-0.1, -0.05) is 44.2 Å². The molecule has 0 amide bonds. The van der Waals surface area contributed by atoms with Crippen molar-refractivity contribution in [1.29, 1.82) is 0 Å². The fourth-order valence-corrected chi connectivity index (χ4v) is 5.36. The molecule has 0 radical (unpaired) electrons. The maximum Gasteiger partial charge on any atom is 0.123 e. The minimum absolute atomic E-state index is 0.179. The van der Waals surface area contributed by atoms with Gasteiger partial charge in [0.25, 0.3) is 0 Å². The first-order valence-corrected chi connectivity index (χ1v) is 12.6. The van der Waals surface area contributed by atoms with Crippen LogP contribution in [0.25, 0.3) is 0 Å². The molecule has 5 heteroatoms. The van der Waals surface area contributed by atoms with Gasteiger partial charge < -0.3 is 5.32 Å². The van der Waals surface area contributed by atoms with Crippen LogP contribution < -0.4 is 10.0 Å². The Kier molecular flexibility index (Phi) is 9.04. The van der Waals surface area contributed by atoms with Crippen molar-refractivity contribution in [3.05, 3.63) is 70.5 Å². The second-order valence-electron chi connectivity index (χ2n) is 8.22. The molecule has 3 nitrogen and oxygen atoms in total. The van der Waals surface area contributed by atoms with Gasteiger partial charge in [0, 0.05) is 24.3 Å². The summed E-state index contributed by atoms with van der Waals surface area (Å²) in [7, 11) is -0.902. The van der Waals surface area contributed by atoms with E-state index in [9.17, 15) is 8.60 Å². The van der Waals surface area contributed by atoms with Crippen molar-refractivity contribution in [2.45, 2.75) is 64.3 Å². The molecule has 0 saturated carbocycles. The Morgan fingerprint density at radius 2 is 1.87 bits per heavy atom. The van der Waals surface area contributed by atoms with E-state index >= 15 is 0 Å². The normalized spacial score (nSPS) is 19.4. The molecule has 30 heavy (non-hydrogen) atoms. The van der Waals surface area contributed by atoms with Crippen LogP contribution in [-0.4, -0.2) is 29.1 Å². The topological polar surface area (TPSA) is 41.1 Å². The van der Waals surface area contributed by atoms with E-state index in [1.807, 2.05) is 12.1 Å². The lowest BCUT2D eigenvalue weighted by atomic mass is 9.75. The number of rotatable bonds is 11. The highest BCUT2D eigenvalue weighted by atomic mass is 32.2. The van der Waals surface area contributed by atoms with Crippen LogP contribution >= 0.6 is 0 Å². The van der Waals surface area contributed by atoms with Crippen LogP contribution in [0.5, 0.6) is 0 Å². The third-order valence-corrected chi connectivity index (χ3v) is 7.26. The van der Waals surface area contributed by atoms with Gasteiger partial charge in [0.2, 0.25) is 0 Å². The highest BCUT2D eigenvalue weighted by molar-refractivity contribution is 7.83. The van der Waals surface area contributed by atoms with E-state index in [1.54, 1.807) is 12.1 Å². The van der Waals surface area contributed by atoms with Gasteiger partial charge in [-0.2, -0.15) is 0 Å². The molecule has 0 fully saturated rings. The average Bonchev–Trinajstić information content (AvgIpc) is 2.74. The zero-order chi connectivity index (χ0) is 21.3. The van der Waals surface area contributed by atoms with Crippen LogP contribution in [0.3, 0.4) is 0 Å². The molecule has 1 aliphatic carbocycles. The molecule has 3 atom stereocenters. The van der Waals surface area contributed by atoms with E-state index < -0.39 is 11.0 Å². The summed E-state index contributed by atoms with van der Waals surface area (Å²) in [4.78, 5) is 0. The van der Waals surface area contributed by atoms with Gasteiger partial charge in [-0.3, -0.25) is 0 Å². The molecule has 2 aromatic rings. The predicted molar refractivity (Wildman–Crippen MR) is 125 cm³/mol. The van der Waals surface area contributed by atoms with Gasteiger partial charge in [0.1, 0.15) is 5.82 Å². The number of likely N-dealkylation sites (N-methyl/N-ethyl adjacent to an activating group) is 1. The molecule has 0 aliphatic heterocycles. The Hall–Kier alpha value is -1.56. The van der Waals surface area contributed by atoms with E-state index in [0.29, 0.717) is 12.0 Å². The second kappa shape index (κ2) is 11.7. The van der Waals surface area contributed by atoms with Gasteiger partial charge in [0.15, 0.2) is 0 Å². The van der Waals surface area contributed by atoms with Crippen molar-refractivity contribution in [2.75, 3.05) is 18.8 Å². The zero-order valence-electron chi connectivity index (χ0n) is 18.3. The SMILES string of the molecule is CCCS(=O)NCCCc1ccc2c(c1)C(Cc1ccc(F)cc1)C(NCC)CC2. The standard InChI is InChI=1S/C25H35FN2OS/c1-3-16-30(29)28-15-5-6-19-7-10-21-11-14-25(27-4-2)24(23(21)17-19)18-20-8-12-22(26)13-9-20/h7-10,12-13,17,24-25,27-28H,3-6,11,14-16,18H2,1-2H3. The van der Waals surface area contributed by atoms with E-state index in [-0.39, 0.29) is 5.82 Å². The van der Waals surface area contributed by atoms with Gasteiger partial charge >= 0.3 is 0 Å². The highest BCUT2D eigenvalue weighted by Crippen LogP contribution is 2.35. The maximum atomic E-state index is 13.4. The molecular formula is C25H35FN2OS. The number of hydrogen-bond donors (Lipinski definition) is 2. The van der Waals surface area contributed by atoms with Crippen molar-refractivity contribution in [2.24, 2.45) is 0 Å². The molecule has 0 spiro atoms. The fraction of sp³-hybridized carbons (Fsp3) is 0.520. The molecule has 1 aliphatic rings. The van der Waals surface area contributed by atoms with Crippen LogP contribution in [0, 0.1) is 5.82 Å². The quantitative estimate of drug-likeness (QED) is 0.509. The van der Waals surface area contributed by atoms with Gasteiger partial charge in [-0.15, -0.1) is 0 Å². The van der Waals surface area contributed by atoms with E-state index in [4.69, 9.17) is 0 Å². The molecule has 3 unspecified atom stereocenters. The maximum absolute atomic E-state index is 13.4. The lowest BCUT2D eigenvalue weighted by Gasteiger charge is -2.35. The summed E-state index contributed by atoms with van der Waals surface area (Å²) < 4.78 is 28.2. The van der Waals surface area contributed by atoms with Gasteiger partial charge in [0.05, 0.1) is 11.0 Å². The summed E-state index contributed by atoms with van der Waals surface area (Å²) in [6.45, 7) is 5.95. The number of nitrogens with one attached hydrogen (secondary N) is 2. The molecule has 164 valence electrons. The van der Waals surface area contributed by atoms with Gasteiger partial charge in [-0.05, 0) is 79.5 Å². The number of halogens is 1. The highest BCUT2D eigenvalue weighted by Gasteiger charge is 2.29. The Bertz CT molecular complexity index is 824. The Balaban J connectivity index is 1.71. The summed E-state index contributed by atoms with van der Waals surface area (Å²) in [5.41, 5.74) is 5.42. The second-order valence-corrected chi connectivity index (χ2v) is 9.61. The molecule has 0 aromatic heterocycles. The summed E-state index contributed by atoms with van der Waals surface area (Å²) in [6.07, 6.45) is 6.06. The smallest absolute Gasteiger partial charge is 0.123 e. The first-order valence-electron chi connectivity index (χ1n) is 11.3. The molecule has 0 bridgehead atoms. The van der Waals surface area contributed by atoms with Crippen molar-refractivity contribution < 1.29 is 8.60 Å². The lowest BCUT2D eigenvalue weighted by Crippen LogP contribution is -2.39. The third kappa shape index (κ3) is 6.47. The monoisotopic (exact) mass is 430 g/mol. The first kappa shape index (κ1) is 23.1. The fourth-order valence-electron chi connectivity index (χ4n) is 4.47. The largest absolute Gasteiger partial charge is 0.314 e. The Morgan fingerprint density at radius 3 is 2.60 bits per heavy atom. The van der Waals surface area contributed by atoms with Crippen LogP contribution in [0.1, 0.15) is 61.3 Å². The molecular weight excluding hydrogens is 395 g/mol. The number of benzene rings is 2. The van der Waals surface area contributed by atoms with E-state index in [2.05, 4.69) is 42.1 Å². The molecule has 2 N–H and O–H groups in total. The number of hydrogen-bond acceptors (Lipinski definition) is 2. The average molecular weight is 431 g/mol. The zero-order valence-corrected chi connectivity index (χ0v) is 19.1. The van der Waals surface area contributed by atoms with Gasteiger partial charge in [-0.25, -0.2) is 13.3 Å². The minimum atomic E-state index is -0.902. The first-order chi connectivity index (χ1) is 14.6. The van der Waals surface area contributed by atoms with Crippen LogP contribution in [0.2, 0.25) is 0 Å². The summed E-state index contributed by atoms with van der Waals surface area (Å²) in [5, 5.41) is 3.69. The van der Waals surface area contributed by atoms with Crippen molar-refractivity contribution in [3.8, 4) is 0 Å². The third-order valence-electron chi connectivity index (χ3n) is 5.95. The molecule has 2 aromatic carbocycles. The van der Waals surface area contributed by atoms with Crippen molar-refractivity contribution >= 4 is 11.0 Å². The van der Waals surface area contributed by atoms with Crippen molar-refractivity contribution in [3.63, 3.8) is 0 Å². The van der Waals surface area contributed by atoms with Crippen LogP contribution in [0.15, 0.2) is 42.5 Å². The summed E-state index contributed by atoms with van der Waals surface area (Å²) >= 11 is 0. The predicted octanol–water partition coefficient (Wildman–Crippen LogP) is 4.67. The van der Waals surface area contributed by atoms with Crippen LogP contribution in [-0.2, 0) is 30.2 Å². The number of fused-ring (bicyclic) bond motifs is 1.